The summed E-state index contributed by atoms with van der Waals surface area (Å²) in [6.07, 6.45) is 1.73. The lowest BCUT2D eigenvalue weighted by atomic mass is 10.2. The lowest BCUT2D eigenvalue weighted by Gasteiger charge is -2.21. The van der Waals surface area contributed by atoms with E-state index in [0.29, 0.717) is 11.2 Å². The Morgan fingerprint density at radius 1 is 1.03 bits per heavy atom. The van der Waals surface area contributed by atoms with Gasteiger partial charge in [-0.15, -0.1) is 0 Å². The number of rotatable bonds is 7. The van der Waals surface area contributed by atoms with Crippen molar-refractivity contribution in [1.29, 1.82) is 0 Å². The number of aromatic nitrogens is 2. The summed E-state index contributed by atoms with van der Waals surface area (Å²) < 4.78 is 1.64. The zero-order chi connectivity index (χ0) is 21.0. The quantitative estimate of drug-likeness (QED) is 0.643. The minimum atomic E-state index is -0.354. The summed E-state index contributed by atoms with van der Waals surface area (Å²) in [6, 6.07) is 13.1. The van der Waals surface area contributed by atoms with Crippen LogP contribution in [-0.2, 0) is 0 Å². The summed E-state index contributed by atoms with van der Waals surface area (Å²) in [5, 5.41) is 5.70. The number of carbonyl (C=O) groups excluding carboxylic acids is 2. The second kappa shape index (κ2) is 8.77. The standard InChI is InChI=1S/C22H27N5O2/c1-5-26(6-2)17-12-10-16(11-13-17)24-21(28)19-18-9-7-8-14-27(18)20(25-19)22(29)23-15(3)4/h7-15H,5-6H2,1-4H3,(H,23,29)(H,24,28). The second-order valence-corrected chi connectivity index (χ2v) is 7.04. The third-order valence-electron chi connectivity index (χ3n) is 4.64. The Bertz CT molecular complexity index is 1000. The summed E-state index contributed by atoms with van der Waals surface area (Å²) >= 11 is 0. The largest absolute Gasteiger partial charge is 0.372 e. The van der Waals surface area contributed by atoms with Crippen LogP contribution >= 0.6 is 0 Å². The van der Waals surface area contributed by atoms with Crippen LogP contribution in [0, 0.1) is 0 Å². The van der Waals surface area contributed by atoms with Gasteiger partial charge in [-0.1, -0.05) is 6.07 Å². The van der Waals surface area contributed by atoms with Crippen molar-refractivity contribution in [2.75, 3.05) is 23.3 Å². The van der Waals surface area contributed by atoms with Crippen molar-refractivity contribution in [2.24, 2.45) is 0 Å². The lowest BCUT2D eigenvalue weighted by Crippen LogP contribution is -2.31. The van der Waals surface area contributed by atoms with E-state index in [-0.39, 0.29) is 29.4 Å². The molecule has 0 aliphatic rings. The van der Waals surface area contributed by atoms with Crippen molar-refractivity contribution >= 4 is 28.7 Å². The summed E-state index contributed by atoms with van der Waals surface area (Å²) in [5.41, 5.74) is 2.58. The smallest absolute Gasteiger partial charge is 0.287 e. The molecule has 3 rings (SSSR count). The molecular formula is C22H27N5O2. The molecule has 0 atom stereocenters. The van der Waals surface area contributed by atoms with Gasteiger partial charge in [0.15, 0.2) is 5.69 Å². The van der Waals surface area contributed by atoms with Crippen LogP contribution in [0.25, 0.3) is 5.52 Å². The van der Waals surface area contributed by atoms with Crippen LogP contribution in [0.3, 0.4) is 0 Å². The Morgan fingerprint density at radius 3 is 2.34 bits per heavy atom. The first-order valence-corrected chi connectivity index (χ1v) is 9.88. The van der Waals surface area contributed by atoms with Gasteiger partial charge in [-0.05, 0) is 64.1 Å². The Labute approximate surface area is 170 Å². The summed E-state index contributed by atoms with van der Waals surface area (Å²) in [5.74, 6) is -0.479. The van der Waals surface area contributed by atoms with Crippen molar-refractivity contribution in [3.8, 4) is 0 Å². The highest BCUT2D eigenvalue weighted by molar-refractivity contribution is 6.09. The topological polar surface area (TPSA) is 78.7 Å². The second-order valence-electron chi connectivity index (χ2n) is 7.04. The molecule has 0 radical (unpaired) electrons. The number of anilines is 2. The van der Waals surface area contributed by atoms with Gasteiger partial charge in [-0.3, -0.25) is 14.0 Å². The monoisotopic (exact) mass is 393 g/mol. The van der Waals surface area contributed by atoms with Crippen molar-refractivity contribution in [3.05, 3.63) is 60.2 Å². The number of imidazole rings is 1. The van der Waals surface area contributed by atoms with E-state index in [1.807, 2.05) is 44.2 Å². The van der Waals surface area contributed by atoms with Crippen LogP contribution < -0.4 is 15.5 Å². The average molecular weight is 393 g/mol. The van der Waals surface area contributed by atoms with Crippen LogP contribution in [0.2, 0.25) is 0 Å². The van der Waals surface area contributed by atoms with Crippen LogP contribution in [0.5, 0.6) is 0 Å². The highest BCUT2D eigenvalue weighted by atomic mass is 16.2. The number of amides is 2. The predicted octanol–water partition coefficient (Wildman–Crippen LogP) is 3.57. The van der Waals surface area contributed by atoms with Crippen LogP contribution in [0.15, 0.2) is 48.7 Å². The molecule has 152 valence electrons. The molecule has 0 saturated carbocycles. The maximum atomic E-state index is 12.9. The zero-order valence-corrected chi connectivity index (χ0v) is 17.3. The molecule has 29 heavy (non-hydrogen) atoms. The highest BCUT2D eigenvalue weighted by Gasteiger charge is 2.22. The molecule has 0 spiro atoms. The van der Waals surface area contributed by atoms with Gasteiger partial charge in [0.05, 0.1) is 5.52 Å². The molecule has 0 aliphatic heterocycles. The molecule has 0 aliphatic carbocycles. The minimum absolute atomic E-state index is 0.0276. The molecule has 1 aromatic carbocycles. The van der Waals surface area contributed by atoms with E-state index in [4.69, 9.17) is 0 Å². The van der Waals surface area contributed by atoms with Crippen molar-refractivity contribution in [1.82, 2.24) is 14.7 Å². The number of nitrogens with zero attached hydrogens (tertiary/aromatic N) is 3. The molecule has 2 amide bonds. The van der Waals surface area contributed by atoms with Gasteiger partial charge < -0.3 is 15.5 Å². The molecular weight excluding hydrogens is 366 g/mol. The van der Waals surface area contributed by atoms with Crippen LogP contribution in [0.4, 0.5) is 11.4 Å². The number of hydrogen-bond donors (Lipinski definition) is 2. The van der Waals surface area contributed by atoms with Gasteiger partial charge in [0.25, 0.3) is 11.8 Å². The summed E-state index contributed by atoms with van der Waals surface area (Å²) in [4.78, 5) is 32.0. The molecule has 0 saturated heterocycles. The van der Waals surface area contributed by atoms with E-state index >= 15 is 0 Å². The first kappa shape index (κ1) is 20.4. The van der Waals surface area contributed by atoms with E-state index in [1.165, 1.54) is 0 Å². The van der Waals surface area contributed by atoms with Gasteiger partial charge in [-0.2, -0.15) is 0 Å². The predicted molar refractivity (Wildman–Crippen MR) is 116 cm³/mol. The zero-order valence-electron chi connectivity index (χ0n) is 17.3. The fourth-order valence-electron chi connectivity index (χ4n) is 3.23. The molecule has 0 bridgehead atoms. The molecule has 2 heterocycles. The van der Waals surface area contributed by atoms with Gasteiger partial charge in [-0.25, -0.2) is 4.98 Å². The third kappa shape index (κ3) is 4.39. The van der Waals surface area contributed by atoms with Gasteiger partial charge in [0.2, 0.25) is 5.82 Å². The normalized spacial score (nSPS) is 10.9. The first-order chi connectivity index (χ1) is 13.9. The lowest BCUT2D eigenvalue weighted by molar-refractivity contribution is 0.0932. The molecule has 3 aromatic rings. The maximum Gasteiger partial charge on any atom is 0.287 e. The van der Waals surface area contributed by atoms with Crippen molar-refractivity contribution < 1.29 is 9.59 Å². The highest BCUT2D eigenvalue weighted by Crippen LogP contribution is 2.20. The van der Waals surface area contributed by atoms with E-state index in [9.17, 15) is 9.59 Å². The maximum absolute atomic E-state index is 12.9. The third-order valence-corrected chi connectivity index (χ3v) is 4.64. The van der Waals surface area contributed by atoms with Crippen molar-refractivity contribution in [3.63, 3.8) is 0 Å². The fourth-order valence-corrected chi connectivity index (χ4v) is 3.23. The molecule has 0 unspecified atom stereocenters. The Balaban J connectivity index is 1.87. The number of pyridine rings is 1. The van der Waals surface area contributed by atoms with E-state index in [2.05, 4.69) is 34.4 Å². The molecule has 7 heteroatoms. The van der Waals surface area contributed by atoms with E-state index in [0.717, 1.165) is 18.8 Å². The van der Waals surface area contributed by atoms with E-state index < -0.39 is 0 Å². The number of fused-ring (bicyclic) bond motifs is 1. The average Bonchev–Trinajstić information content (AvgIpc) is 3.10. The molecule has 2 aromatic heterocycles. The van der Waals surface area contributed by atoms with Crippen molar-refractivity contribution in [2.45, 2.75) is 33.7 Å². The van der Waals surface area contributed by atoms with Gasteiger partial charge in [0, 0.05) is 36.7 Å². The molecule has 7 nitrogen and oxygen atoms in total. The van der Waals surface area contributed by atoms with Gasteiger partial charge in [0.1, 0.15) is 0 Å². The SMILES string of the molecule is CCN(CC)c1ccc(NC(=O)c2nc(C(=O)NC(C)C)n3ccccc23)cc1. The van der Waals surface area contributed by atoms with Crippen LogP contribution in [-0.4, -0.2) is 40.3 Å². The summed E-state index contributed by atoms with van der Waals surface area (Å²) in [7, 11) is 0. The number of carbonyl (C=O) groups is 2. The Hall–Kier alpha value is -3.35. The Kier molecular flexibility index (Phi) is 6.16. The van der Waals surface area contributed by atoms with Crippen LogP contribution in [0.1, 0.15) is 48.8 Å². The fraction of sp³-hybridized carbons (Fsp3) is 0.318. The minimum Gasteiger partial charge on any atom is -0.372 e. The summed E-state index contributed by atoms with van der Waals surface area (Å²) in [6.45, 7) is 9.81. The number of nitrogens with one attached hydrogen (secondary N) is 2. The Morgan fingerprint density at radius 2 is 1.72 bits per heavy atom. The molecule has 2 N–H and O–H groups in total. The number of hydrogen-bond acceptors (Lipinski definition) is 4. The number of benzene rings is 1. The van der Waals surface area contributed by atoms with Gasteiger partial charge >= 0.3 is 0 Å². The van der Waals surface area contributed by atoms with E-state index in [1.54, 1.807) is 22.7 Å². The molecule has 0 fully saturated rings. The first-order valence-electron chi connectivity index (χ1n) is 9.88.